The molecule has 1 heterocycles. The van der Waals surface area contributed by atoms with E-state index in [0.717, 1.165) is 0 Å². The van der Waals surface area contributed by atoms with Crippen LogP contribution in [0.25, 0.3) is 0 Å². The molecule has 0 atom stereocenters. The van der Waals surface area contributed by atoms with E-state index in [4.69, 9.17) is 4.74 Å². The monoisotopic (exact) mass is 429 g/mol. The van der Waals surface area contributed by atoms with Crippen molar-refractivity contribution in [1.82, 2.24) is 10.3 Å². The Balaban J connectivity index is 2.16. The molecule has 1 aromatic carbocycles. The van der Waals surface area contributed by atoms with Crippen LogP contribution in [0.15, 0.2) is 24.3 Å². The van der Waals surface area contributed by atoms with E-state index in [1.165, 1.54) is 33.3 Å². The highest BCUT2D eigenvalue weighted by atomic mass is 16.5. The van der Waals surface area contributed by atoms with Crippen LogP contribution in [0.1, 0.15) is 49.4 Å². The minimum atomic E-state index is -0.659. The lowest BCUT2D eigenvalue weighted by atomic mass is 10.1. The lowest BCUT2D eigenvalue weighted by Crippen LogP contribution is -2.30. The summed E-state index contributed by atoms with van der Waals surface area (Å²) in [4.78, 5) is 62.5. The fourth-order valence-electron chi connectivity index (χ4n) is 2.95. The van der Waals surface area contributed by atoms with E-state index in [-0.39, 0.29) is 41.3 Å². The van der Waals surface area contributed by atoms with E-state index in [2.05, 4.69) is 20.4 Å². The topological polar surface area (TPSA) is 144 Å². The third-order valence-corrected chi connectivity index (χ3v) is 4.44. The van der Waals surface area contributed by atoms with Gasteiger partial charge in [-0.1, -0.05) is 6.07 Å². The molecule has 0 bridgehead atoms. The summed E-state index contributed by atoms with van der Waals surface area (Å²) < 4.78 is 9.22. The average Bonchev–Trinajstić information content (AvgIpc) is 3.07. The third-order valence-electron chi connectivity index (χ3n) is 4.44. The Morgan fingerprint density at radius 1 is 1.06 bits per heavy atom. The number of ketones is 1. The highest BCUT2D eigenvalue weighted by Crippen LogP contribution is 2.21. The van der Waals surface area contributed by atoms with E-state index < -0.39 is 23.8 Å². The molecule has 0 fully saturated rings. The maximum absolute atomic E-state index is 12.5. The minimum absolute atomic E-state index is 0.138. The number of hydrogen-bond acceptors (Lipinski definition) is 7. The highest BCUT2D eigenvalue weighted by molar-refractivity contribution is 6.02. The molecular formula is C21H23N3O7. The van der Waals surface area contributed by atoms with E-state index in [1.54, 1.807) is 19.1 Å². The van der Waals surface area contributed by atoms with Gasteiger partial charge in [0.2, 0.25) is 5.91 Å². The maximum atomic E-state index is 12.5. The molecule has 2 amide bonds. The van der Waals surface area contributed by atoms with Crippen molar-refractivity contribution >= 4 is 35.2 Å². The van der Waals surface area contributed by atoms with Gasteiger partial charge in [-0.15, -0.1) is 0 Å². The summed E-state index contributed by atoms with van der Waals surface area (Å²) in [5, 5.41) is 5.04. The molecule has 0 unspecified atom stereocenters. The third kappa shape index (κ3) is 5.78. The van der Waals surface area contributed by atoms with Crippen molar-refractivity contribution in [3.05, 3.63) is 52.3 Å². The molecule has 3 N–H and O–H groups in total. The van der Waals surface area contributed by atoms with Crippen LogP contribution in [-0.4, -0.2) is 55.3 Å². The minimum Gasteiger partial charge on any atom is -0.468 e. The Hall–Kier alpha value is -3.95. The molecule has 10 nitrogen and oxygen atoms in total. The summed E-state index contributed by atoms with van der Waals surface area (Å²) in [5.74, 6) is -2.52. The van der Waals surface area contributed by atoms with Crippen molar-refractivity contribution in [2.24, 2.45) is 0 Å². The fraction of sp³-hybridized carbons (Fsp3) is 0.286. The standard InChI is InChI=1S/C21H23N3O7/c1-11-18(21(29)31-4)15(24-19(11)12(2)25)9-16(26)23-14-7-5-6-13(8-14)20(28)22-10-17(27)30-3/h5-8,24H,9-10H2,1-4H3,(H,22,28)(H,23,26). The van der Waals surface area contributed by atoms with Gasteiger partial charge in [0.15, 0.2) is 5.78 Å². The van der Waals surface area contributed by atoms with Gasteiger partial charge < -0.3 is 25.1 Å². The van der Waals surface area contributed by atoms with Gasteiger partial charge in [-0.2, -0.15) is 0 Å². The second-order valence-electron chi connectivity index (χ2n) is 6.59. The van der Waals surface area contributed by atoms with Gasteiger partial charge in [-0.05, 0) is 30.7 Å². The van der Waals surface area contributed by atoms with Crippen LogP contribution in [0.5, 0.6) is 0 Å². The quantitative estimate of drug-likeness (QED) is 0.425. The number of carbonyl (C=O) groups excluding carboxylic acids is 5. The molecule has 0 saturated heterocycles. The van der Waals surface area contributed by atoms with Crippen LogP contribution >= 0.6 is 0 Å². The van der Waals surface area contributed by atoms with Crippen molar-refractivity contribution in [2.75, 3.05) is 26.1 Å². The van der Waals surface area contributed by atoms with Gasteiger partial charge in [0.05, 0.1) is 31.9 Å². The summed E-state index contributed by atoms with van der Waals surface area (Å²) in [5.41, 5.74) is 1.59. The molecule has 0 aliphatic heterocycles. The summed E-state index contributed by atoms with van der Waals surface area (Å²) in [6.07, 6.45) is -0.225. The first kappa shape index (κ1) is 23.3. The zero-order valence-corrected chi connectivity index (χ0v) is 17.6. The fourth-order valence-corrected chi connectivity index (χ4v) is 2.95. The van der Waals surface area contributed by atoms with E-state index in [9.17, 15) is 24.0 Å². The van der Waals surface area contributed by atoms with Crippen molar-refractivity contribution in [3.63, 3.8) is 0 Å². The van der Waals surface area contributed by atoms with Gasteiger partial charge in [-0.3, -0.25) is 19.2 Å². The van der Waals surface area contributed by atoms with E-state index >= 15 is 0 Å². The van der Waals surface area contributed by atoms with Crippen molar-refractivity contribution in [1.29, 1.82) is 0 Å². The Morgan fingerprint density at radius 2 is 1.77 bits per heavy atom. The number of ether oxygens (including phenoxy) is 2. The molecule has 10 heteroatoms. The first-order valence-corrected chi connectivity index (χ1v) is 9.23. The maximum Gasteiger partial charge on any atom is 0.339 e. The second kappa shape index (κ2) is 10.2. The van der Waals surface area contributed by atoms with Crippen LogP contribution in [0, 0.1) is 6.92 Å². The van der Waals surface area contributed by atoms with Crippen LogP contribution in [-0.2, 0) is 25.5 Å². The number of hydrogen-bond donors (Lipinski definition) is 3. The summed E-state index contributed by atoms with van der Waals surface area (Å²) in [6.45, 7) is 2.66. The Kier molecular flexibility index (Phi) is 7.67. The zero-order chi connectivity index (χ0) is 23.1. The average molecular weight is 429 g/mol. The molecule has 31 heavy (non-hydrogen) atoms. The normalized spacial score (nSPS) is 10.2. The smallest absolute Gasteiger partial charge is 0.339 e. The molecule has 1 aromatic heterocycles. The lowest BCUT2D eigenvalue weighted by molar-refractivity contribution is -0.139. The van der Waals surface area contributed by atoms with E-state index in [0.29, 0.717) is 11.3 Å². The van der Waals surface area contributed by atoms with Crippen LogP contribution in [0.3, 0.4) is 0 Å². The van der Waals surface area contributed by atoms with Gasteiger partial charge in [-0.25, -0.2) is 4.79 Å². The van der Waals surface area contributed by atoms with Crippen molar-refractivity contribution in [3.8, 4) is 0 Å². The number of Topliss-reactive ketones (excluding diaryl/α,β-unsaturated/α-hetero) is 1. The highest BCUT2D eigenvalue weighted by Gasteiger charge is 2.24. The number of anilines is 1. The zero-order valence-electron chi connectivity index (χ0n) is 17.6. The first-order valence-electron chi connectivity index (χ1n) is 9.23. The molecule has 0 aliphatic rings. The molecule has 0 saturated carbocycles. The number of H-pyrrole nitrogens is 1. The van der Waals surface area contributed by atoms with Crippen molar-refractivity contribution < 1.29 is 33.4 Å². The van der Waals surface area contributed by atoms with Gasteiger partial charge in [0.25, 0.3) is 5.91 Å². The van der Waals surface area contributed by atoms with Crippen molar-refractivity contribution in [2.45, 2.75) is 20.3 Å². The van der Waals surface area contributed by atoms with Gasteiger partial charge >= 0.3 is 11.9 Å². The molecule has 0 radical (unpaired) electrons. The number of carbonyl (C=O) groups is 5. The van der Waals surface area contributed by atoms with Gasteiger partial charge in [0.1, 0.15) is 6.54 Å². The molecule has 0 spiro atoms. The number of rotatable bonds is 8. The van der Waals surface area contributed by atoms with Crippen LogP contribution in [0.4, 0.5) is 5.69 Å². The predicted octanol–water partition coefficient (Wildman–Crippen LogP) is 1.40. The number of esters is 2. The Bertz CT molecular complexity index is 1040. The second-order valence-corrected chi connectivity index (χ2v) is 6.59. The number of nitrogens with one attached hydrogen (secondary N) is 3. The number of aromatic nitrogens is 1. The molecule has 0 aliphatic carbocycles. The molecule has 164 valence electrons. The van der Waals surface area contributed by atoms with Crippen LogP contribution < -0.4 is 10.6 Å². The number of benzene rings is 1. The molecular weight excluding hydrogens is 406 g/mol. The SMILES string of the molecule is COC(=O)CNC(=O)c1cccc(NC(=O)Cc2[nH]c(C(C)=O)c(C)c2C(=O)OC)c1. The van der Waals surface area contributed by atoms with Crippen LogP contribution in [0.2, 0.25) is 0 Å². The molecule has 2 rings (SSSR count). The summed E-state index contributed by atoms with van der Waals surface area (Å²) in [7, 11) is 2.42. The number of methoxy groups -OCH3 is 2. The Morgan fingerprint density at radius 3 is 2.39 bits per heavy atom. The lowest BCUT2D eigenvalue weighted by Gasteiger charge is -2.08. The Labute approximate surface area is 178 Å². The number of aromatic amines is 1. The summed E-state index contributed by atoms with van der Waals surface area (Å²) in [6, 6.07) is 6.10. The largest absolute Gasteiger partial charge is 0.468 e. The molecule has 2 aromatic rings. The summed E-state index contributed by atoms with van der Waals surface area (Å²) >= 11 is 0. The number of amides is 2. The first-order chi connectivity index (χ1) is 14.7. The van der Waals surface area contributed by atoms with E-state index in [1.807, 2.05) is 0 Å². The predicted molar refractivity (Wildman–Crippen MR) is 110 cm³/mol. The van der Waals surface area contributed by atoms with Gasteiger partial charge in [0, 0.05) is 23.9 Å².